The van der Waals surface area contributed by atoms with Crippen molar-refractivity contribution >= 4 is 23.3 Å². The Bertz CT molecular complexity index is 1230. The molecule has 0 unspecified atom stereocenters. The maximum absolute atomic E-state index is 12.7. The molecule has 0 saturated heterocycles. The molecule has 4 rings (SSSR count). The van der Waals surface area contributed by atoms with Crippen LogP contribution in [-0.4, -0.2) is 21.6 Å². The molecule has 2 aromatic heterocycles. The van der Waals surface area contributed by atoms with Crippen LogP contribution in [0.25, 0.3) is 0 Å². The summed E-state index contributed by atoms with van der Waals surface area (Å²) >= 11 is 0. The van der Waals surface area contributed by atoms with E-state index >= 15 is 0 Å². The molecule has 0 atom stereocenters. The minimum absolute atomic E-state index is 0.0977. The zero-order chi connectivity index (χ0) is 23.4. The number of benzene rings is 2. The average Bonchev–Trinajstić information content (AvgIpc) is 3.47. The molecule has 0 saturated carbocycles. The molecule has 2 amide bonds. The van der Waals surface area contributed by atoms with Crippen molar-refractivity contribution in [2.45, 2.75) is 32.7 Å². The Kier molecular flexibility index (Phi) is 6.13. The third kappa shape index (κ3) is 5.38. The molecule has 2 N–H and O–H groups in total. The lowest BCUT2D eigenvalue weighted by molar-refractivity contribution is 0.0995. The van der Waals surface area contributed by atoms with Crippen LogP contribution in [0.5, 0.6) is 0 Å². The molecule has 0 aliphatic carbocycles. The van der Waals surface area contributed by atoms with Crippen LogP contribution >= 0.6 is 0 Å². The molecular formula is C26H26N4O3. The normalized spacial score (nSPS) is 11.2. The number of nitrogens with zero attached hydrogens (tertiary/aromatic N) is 2. The van der Waals surface area contributed by atoms with E-state index in [1.165, 1.54) is 11.8 Å². The molecule has 168 valence electrons. The van der Waals surface area contributed by atoms with Gasteiger partial charge in [-0.05, 0) is 52.9 Å². The fourth-order valence-corrected chi connectivity index (χ4v) is 3.34. The van der Waals surface area contributed by atoms with Gasteiger partial charge in [0, 0.05) is 17.3 Å². The zero-order valence-electron chi connectivity index (χ0n) is 18.8. The highest BCUT2D eigenvalue weighted by atomic mass is 16.3. The summed E-state index contributed by atoms with van der Waals surface area (Å²) in [6.07, 6.45) is 3.10. The standard InChI is InChI=1S/C26H26N4O3/c1-26(2,3)20-10-6-18(7-11-20)17-30-23(14-15-27-30)29-24(31)19-8-12-21(13-9-19)28-25(32)22-5-4-16-33-22/h4-16H,17H2,1-3H3,(H,28,32)(H,29,31). The number of amides is 2. The quantitative estimate of drug-likeness (QED) is 0.423. The monoisotopic (exact) mass is 442 g/mol. The van der Waals surface area contributed by atoms with E-state index in [1.807, 2.05) is 0 Å². The minimum Gasteiger partial charge on any atom is -0.459 e. The van der Waals surface area contributed by atoms with Gasteiger partial charge in [-0.2, -0.15) is 5.10 Å². The van der Waals surface area contributed by atoms with Gasteiger partial charge in [-0.1, -0.05) is 45.0 Å². The number of hydrogen-bond acceptors (Lipinski definition) is 4. The maximum Gasteiger partial charge on any atom is 0.291 e. The highest BCUT2D eigenvalue weighted by Gasteiger charge is 2.14. The number of anilines is 2. The number of carbonyl (C=O) groups is 2. The van der Waals surface area contributed by atoms with E-state index in [4.69, 9.17) is 4.42 Å². The van der Waals surface area contributed by atoms with E-state index in [9.17, 15) is 9.59 Å². The van der Waals surface area contributed by atoms with Crippen LogP contribution in [-0.2, 0) is 12.0 Å². The van der Waals surface area contributed by atoms with Crippen LogP contribution in [0.15, 0.2) is 83.6 Å². The van der Waals surface area contributed by atoms with E-state index < -0.39 is 0 Å². The van der Waals surface area contributed by atoms with Crippen molar-refractivity contribution in [2.75, 3.05) is 10.6 Å². The first-order valence-electron chi connectivity index (χ1n) is 10.7. The summed E-state index contributed by atoms with van der Waals surface area (Å²) in [6, 6.07) is 20.1. The van der Waals surface area contributed by atoms with E-state index in [-0.39, 0.29) is 23.0 Å². The van der Waals surface area contributed by atoms with Crippen molar-refractivity contribution < 1.29 is 14.0 Å². The average molecular weight is 443 g/mol. The van der Waals surface area contributed by atoms with Gasteiger partial charge in [0.1, 0.15) is 5.82 Å². The first kappa shape index (κ1) is 22.1. The van der Waals surface area contributed by atoms with Crippen molar-refractivity contribution in [2.24, 2.45) is 0 Å². The molecule has 0 bridgehead atoms. The fourth-order valence-electron chi connectivity index (χ4n) is 3.34. The summed E-state index contributed by atoms with van der Waals surface area (Å²) in [5, 5.41) is 9.98. The maximum atomic E-state index is 12.7. The summed E-state index contributed by atoms with van der Waals surface area (Å²) in [5.41, 5.74) is 3.49. The van der Waals surface area contributed by atoms with Gasteiger partial charge in [-0.25, -0.2) is 4.68 Å². The number of furan rings is 1. The molecule has 0 aliphatic rings. The molecule has 0 fully saturated rings. The van der Waals surface area contributed by atoms with Crippen molar-refractivity contribution in [3.63, 3.8) is 0 Å². The lowest BCUT2D eigenvalue weighted by Gasteiger charge is -2.19. The van der Waals surface area contributed by atoms with Crippen LogP contribution < -0.4 is 10.6 Å². The second kappa shape index (κ2) is 9.16. The largest absolute Gasteiger partial charge is 0.459 e. The Morgan fingerprint density at radius 2 is 1.64 bits per heavy atom. The van der Waals surface area contributed by atoms with Crippen LogP contribution in [0, 0.1) is 0 Å². The predicted molar refractivity (Wildman–Crippen MR) is 128 cm³/mol. The summed E-state index contributed by atoms with van der Waals surface area (Å²) in [4.78, 5) is 24.8. The Hall–Kier alpha value is -4.13. The van der Waals surface area contributed by atoms with Crippen LogP contribution in [0.2, 0.25) is 0 Å². The highest BCUT2D eigenvalue weighted by Crippen LogP contribution is 2.23. The van der Waals surface area contributed by atoms with Crippen molar-refractivity contribution in [1.82, 2.24) is 9.78 Å². The SMILES string of the molecule is CC(C)(C)c1ccc(Cn2nccc2NC(=O)c2ccc(NC(=O)c3ccco3)cc2)cc1. The second-order valence-electron chi connectivity index (χ2n) is 8.78. The molecule has 4 aromatic rings. The molecule has 7 heteroatoms. The molecule has 0 radical (unpaired) electrons. The van der Waals surface area contributed by atoms with Crippen molar-refractivity contribution in [1.29, 1.82) is 0 Å². The summed E-state index contributed by atoms with van der Waals surface area (Å²) in [6.45, 7) is 7.10. The van der Waals surface area contributed by atoms with Gasteiger partial charge in [0.2, 0.25) is 0 Å². The van der Waals surface area contributed by atoms with Gasteiger partial charge in [0.15, 0.2) is 5.76 Å². The number of nitrogens with one attached hydrogen (secondary N) is 2. The topological polar surface area (TPSA) is 89.2 Å². The predicted octanol–water partition coefficient (Wildman–Crippen LogP) is 5.33. The first-order chi connectivity index (χ1) is 15.8. The van der Waals surface area contributed by atoms with Gasteiger partial charge < -0.3 is 15.1 Å². The van der Waals surface area contributed by atoms with Gasteiger partial charge in [-0.15, -0.1) is 0 Å². The number of hydrogen-bond donors (Lipinski definition) is 2. The lowest BCUT2D eigenvalue weighted by atomic mass is 9.87. The van der Waals surface area contributed by atoms with E-state index in [2.05, 4.69) is 60.8 Å². The van der Waals surface area contributed by atoms with Crippen LogP contribution in [0.3, 0.4) is 0 Å². The van der Waals surface area contributed by atoms with Gasteiger partial charge in [-0.3, -0.25) is 9.59 Å². The zero-order valence-corrected chi connectivity index (χ0v) is 18.8. The van der Waals surface area contributed by atoms with E-state index in [0.29, 0.717) is 23.6 Å². The summed E-state index contributed by atoms with van der Waals surface area (Å²) in [7, 11) is 0. The lowest BCUT2D eigenvalue weighted by Crippen LogP contribution is -2.16. The third-order valence-corrected chi connectivity index (χ3v) is 5.26. The first-order valence-corrected chi connectivity index (χ1v) is 10.7. The van der Waals surface area contributed by atoms with Crippen LogP contribution in [0.1, 0.15) is 52.8 Å². The Labute approximate surface area is 192 Å². The summed E-state index contributed by atoms with van der Waals surface area (Å²) in [5.74, 6) is 0.216. The molecule has 7 nitrogen and oxygen atoms in total. The second-order valence-corrected chi connectivity index (χ2v) is 8.78. The van der Waals surface area contributed by atoms with E-state index in [1.54, 1.807) is 53.3 Å². The molecule has 2 heterocycles. The number of carbonyl (C=O) groups excluding carboxylic acids is 2. The Morgan fingerprint density at radius 3 is 2.27 bits per heavy atom. The van der Waals surface area contributed by atoms with E-state index in [0.717, 1.165) is 5.56 Å². The number of aromatic nitrogens is 2. The Balaban J connectivity index is 1.39. The van der Waals surface area contributed by atoms with Gasteiger partial charge in [0.25, 0.3) is 11.8 Å². The molecule has 0 aliphatic heterocycles. The van der Waals surface area contributed by atoms with Crippen LogP contribution in [0.4, 0.5) is 11.5 Å². The molecule has 2 aromatic carbocycles. The Morgan fingerprint density at radius 1 is 0.909 bits per heavy atom. The minimum atomic E-state index is -0.350. The smallest absolute Gasteiger partial charge is 0.291 e. The van der Waals surface area contributed by atoms with Gasteiger partial charge in [0.05, 0.1) is 19.0 Å². The molecule has 33 heavy (non-hydrogen) atoms. The fraction of sp³-hybridized carbons (Fsp3) is 0.192. The van der Waals surface area contributed by atoms with Crippen molar-refractivity contribution in [3.05, 3.63) is 102 Å². The third-order valence-electron chi connectivity index (χ3n) is 5.26. The van der Waals surface area contributed by atoms with Gasteiger partial charge >= 0.3 is 0 Å². The van der Waals surface area contributed by atoms with Crippen molar-refractivity contribution in [3.8, 4) is 0 Å². The highest BCUT2D eigenvalue weighted by molar-refractivity contribution is 6.05. The number of rotatable bonds is 6. The molecular weight excluding hydrogens is 416 g/mol. The molecule has 0 spiro atoms. The summed E-state index contributed by atoms with van der Waals surface area (Å²) < 4.78 is 6.83.